The molecule has 1 aromatic carbocycles. The first-order valence-electron chi connectivity index (χ1n) is 11.3. The summed E-state index contributed by atoms with van der Waals surface area (Å²) in [6, 6.07) is 8.83. The van der Waals surface area contributed by atoms with Crippen molar-refractivity contribution in [3.8, 4) is 22.5 Å². The maximum absolute atomic E-state index is 14.8. The molecule has 1 fully saturated rings. The molecule has 1 aliphatic rings. The zero-order chi connectivity index (χ0) is 26.3. The number of nitrogen functional groups attached to an aromatic ring is 1. The molecule has 0 aliphatic carbocycles. The average molecular weight is 516 g/mol. The number of nitrogens with zero attached hydrogens (tertiary/aromatic N) is 6. The normalized spacial score (nSPS) is 15.8. The van der Waals surface area contributed by atoms with Crippen LogP contribution in [0.3, 0.4) is 0 Å². The van der Waals surface area contributed by atoms with Crippen molar-refractivity contribution in [1.82, 2.24) is 24.7 Å². The summed E-state index contributed by atoms with van der Waals surface area (Å²) < 4.78 is 69.4. The van der Waals surface area contributed by atoms with Gasteiger partial charge >= 0.3 is 6.18 Å². The van der Waals surface area contributed by atoms with Gasteiger partial charge in [-0.15, -0.1) is 5.10 Å². The topological polar surface area (TPSA) is 97.8 Å². The summed E-state index contributed by atoms with van der Waals surface area (Å²) in [7, 11) is 1.64. The third-order valence-electron chi connectivity index (χ3n) is 6.18. The smallest absolute Gasteiger partial charge is 0.381 e. The number of rotatable bonds is 5. The van der Waals surface area contributed by atoms with Crippen LogP contribution in [0.1, 0.15) is 6.42 Å². The van der Waals surface area contributed by atoms with Crippen molar-refractivity contribution in [3.05, 3.63) is 60.4 Å². The van der Waals surface area contributed by atoms with Gasteiger partial charge in [0.1, 0.15) is 11.6 Å². The van der Waals surface area contributed by atoms with Gasteiger partial charge < -0.3 is 16.0 Å². The van der Waals surface area contributed by atoms with Crippen LogP contribution in [0.5, 0.6) is 0 Å². The number of halogens is 5. The van der Waals surface area contributed by atoms with Gasteiger partial charge in [0, 0.05) is 54.9 Å². The quantitative estimate of drug-likeness (QED) is 0.363. The first-order chi connectivity index (χ1) is 17.6. The first kappa shape index (κ1) is 24.4. The zero-order valence-corrected chi connectivity index (χ0v) is 19.5. The van der Waals surface area contributed by atoms with Crippen LogP contribution in [-0.2, 0) is 7.05 Å². The molecule has 5 rings (SSSR count). The molecule has 1 aliphatic heterocycles. The fourth-order valence-corrected chi connectivity index (χ4v) is 4.16. The molecule has 4 aromatic rings. The zero-order valence-electron chi connectivity index (χ0n) is 19.5. The monoisotopic (exact) mass is 516 g/mol. The third-order valence-corrected chi connectivity index (χ3v) is 6.18. The first-order valence-corrected chi connectivity index (χ1v) is 11.3. The van der Waals surface area contributed by atoms with E-state index in [0.29, 0.717) is 28.8 Å². The van der Waals surface area contributed by atoms with Gasteiger partial charge in [0.05, 0.1) is 5.92 Å². The maximum atomic E-state index is 14.8. The maximum Gasteiger partial charge on any atom is 0.393 e. The van der Waals surface area contributed by atoms with E-state index in [4.69, 9.17) is 5.73 Å². The summed E-state index contributed by atoms with van der Waals surface area (Å²) in [4.78, 5) is 14.0. The molecule has 0 amide bonds. The minimum Gasteiger partial charge on any atom is -0.381 e. The molecule has 0 radical (unpaired) electrons. The molecule has 0 saturated carbocycles. The predicted molar refractivity (Wildman–Crippen MR) is 128 cm³/mol. The predicted octanol–water partition coefficient (Wildman–Crippen LogP) is 4.93. The number of pyridine rings is 2. The minimum absolute atomic E-state index is 0.00343. The highest BCUT2D eigenvalue weighted by Crippen LogP contribution is 2.35. The van der Waals surface area contributed by atoms with Crippen molar-refractivity contribution in [1.29, 1.82) is 0 Å². The van der Waals surface area contributed by atoms with Gasteiger partial charge in [0.25, 0.3) is 0 Å². The van der Waals surface area contributed by atoms with Gasteiger partial charge in [-0.1, -0.05) is 0 Å². The van der Waals surface area contributed by atoms with E-state index in [1.807, 2.05) is 0 Å². The second-order valence-corrected chi connectivity index (χ2v) is 8.64. The number of anilines is 4. The fraction of sp³-hybridized carbons (Fsp3) is 0.250. The van der Waals surface area contributed by atoms with Crippen LogP contribution in [0, 0.1) is 17.6 Å². The second-order valence-electron chi connectivity index (χ2n) is 8.64. The number of hydrogen-bond acceptors (Lipinski definition) is 7. The van der Waals surface area contributed by atoms with Crippen LogP contribution in [0.25, 0.3) is 22.5 Å². The highest BCUT2D eigenvalue weighted by Gasteiger charge is 2.43. The molecule has 4 heterocycles. The van der Waals surface area contributed by atoms with Gasteiger partial charge in [-0.3, -0.25) is 0 Å². The van der Waals surface area contributed by atoms with Crippen LogP contribution >= 0.6 is 0 Å². The summed E-state index contributed by atoms with van der Waals surface area (Å²) in [5.41, 5.74) is 6.42. The Hall–Kier alpha value is -4.29. The van der Waals surface area contributed by atoms with Gasteiger partial charge in [0.15, 0.2) is 17.5 Å². The molecular formula is C24H21F5N8. The average Bonchev–Trinajstić information content (AvgIpc) is 3.49. The Bertz CT molecular complexity index is 1430. The molecule has 1 saturated heterocycles. The molecule has 3 N–H and O–H groups in total. The number of nitrogens with two attached hydrogens (primary N) is 1. The Morgan fingerprint density at radius 3 is 2.54 bits per heavy atom. The van der Waals surface area contributed by atoms with E-state index in [0.717, 1.165) is 0 Å². The number of aryl methyl sites for hydroxylation is 1. The van der Waals surface area contributed by atoms with Gasteiger partial charge in [0.2, 0.25) is 5.95 Å². The summed E-state index contributed by atoms with van der Waals surface area (Å²) in [5, 5.41) is 7.30. The van der Waals surface area contributed by atoms with Crippen molar-refractivity contribution < 1.29 is 22.0 Å². The number of benzene rings is 1. The summed E-state index contributed by atoms with van der Waals surface area (Å²) in [5.74, 6) is -2.08. The lowest BCUT2D eigenvalue weighted by atomic mass is 10.1. The van der Waals surface area contributed by atoms with Crippen molar-refractivity contribution in [2.45, 2.75) is 12.6 Å². The lowest BCUT2D eigenvalue weighted by molar-refractivity contribution is -0.168. The Balaban J connectivity index is 1.31. The van der Waals surface area contributed by atoms with Gasteiger partial charge in [-0.2, -0.15) is 18.2 Å². The summed E-state index contributed by atoms with van der Waals surface area (Å²) in [6.07, 6.45) is -1.38. The number of nitrogens with one attached hydrogen (secondary N) is 1. The molecule has 0 bridgehead atoms. The molecule has 8 nitrogen and oxygen atoms in total. The fourth-order valence-electron chi connectivity index (χ4n) is 4.16. The van der Waals surface area contributed by atoms with E-state index in [2.05, 4.69) is 25.4 Å². The number of hydrogen-bond donors (Lipinski definition) is 2. The highest BCUT2D eigenvalue weighted by atomic mass is 19.4. The Morgan fingerprint density at radius 1 is 1.05 bits per heavy atom. The van der Waals surface area contributed by atoms with E-state index in [1.54, 1.807) is 30.1 Å². The lowest BCUT2D eigenvalue weighted by Gasteiger charge is -2.18. The van der Waals surface area contributed by atoms with Crippen LogP contribution in [0.4, 0.5) is 45.2 Å². The SMILES string of the molecule is Cn1nc(-c2ccc(N3CCC(C(F)(F)F)C3)nc2)nc1Nc1ccc(-c2ccnc(N)c2F)c(F)c1. The Morgan fingerprint density at radius 2 is 1.86 bits per heavy atom. The van der Waals surface area contributed by atoms with E-state index >= 15 is 0 Å². The standard InChI is InChI=1S/C24H21F5N8/c1-36-23(33-15-3-4-16(18(25)10-15)17-6-8-31-21(30)20(17)26)34-22(35-36)13-2-5-19(32-11-13)37-9-7-14(12-37)24(27,28)29/h2-6,8,10-11,14H,7,9,12H2,1H3,(H2,30,31)(H,33,34,35). The van der Waals surface area contributed by atoms with Gasteiger partial charge in [-0.05, 0) is 42.8 Å². The van der Waals surface area contributed by atoms with Crippen LogP contribution < -0.4 is 16.0 Å². The van der Waals surface area contributed by atoms with Gasteiger partial charge in [-0.25, -0.2) is 23.4 Å². The highest BCUT2D eigenvalue weighted by molar-refractivity contribution is 5.70. The number of alkyl halides is 3. The molecule has 13 heteroatoms. The molecule has 3 aromatic heterocycles. The Labute approximate surface area is 208 Å². The summed E-state index contributed by atoms with van der Waals surface area (Å²) in [6.45, 7) is 0.158. The Kier molecular flexibility index (Phi) is 6.13. The van der Waals surface area contributed by atoms with E-state index in [9.17, 15) is 22.0 Å². The molecule has 0 spiro atoms. The third kappa shape index (κ3) is 4.88. The molecule has 192 valence electrons. The van der Waals surface area contributed by atoms with Crippen molar-refractivity contribution in [3.63, 3.8) is 0 Å². The van der Waals surface area contributed by atoms with Crippen LogP contribution in [-0.4, -0.2) is 44.0 Å². The minimum atomic E-state index is -4.22. The number of aromatic nitrogens is 5. The van der Waals surface area contributed by atoms with Crippen molar-refractivity contribution >= 4 is 23.3 Å². The largest absolute Gasteiger partial charge is 0.393 e. The second kappa shape index (κ2) is 9.30. The van der Waals surface area contributed by atoms with E-state index < -0.39 is 23.7 Å². The van der Waals surface area contributed by atoms with E-state index in [1.165, 1.54) is 35.3 Å². The summed E-state index contributed by atoms with van der Waals surface area (Å²) >= 11 is 0. The molecular weight excluding hydrogens is 495 g/mol. The van der Waals surface area contributed by atoms with Crippen molar-refractivity contribution in [2.24, 2.45) is 13.0 Å². The van der Waals surface area contributed by atoms with Crippen LogP contribution in [0.15, 0.2) is 48.8 Å². The van der Waals surface area contributed by atoms with E-state index in [-0.39, 0.29) is 36.5 Å². The lowest BCUT2D eigenvalue weighted by Crippen LogP contribution is -2.27. The molecule has 1 atom stereocenters. The van der Waals surface area contributed by atoms with Crippen LogP contribution in [0.2, 0.25) is 0 Å². The molecule has 1 unspecified atom stereocenters. The van der Waals surface area contributed by atoms with Crippen molar-refractivity contribution in [2.75, 3.05) is 29.0 Å². The molecule has 37 heavy (non-hydrogen) atoms.